The number of amides is 2. The minimum absolute atomic E-state index is 0.0168. The number of esters is 1. The Bertz CT molecular complexity index is 874. The zero-order chi connectivity index (χ0) is 21.6. The lowest BCUT2D eigenvalue weighted by Gasteiger charge is -2.19. The van der Waals surface area contributed by atoms with Crippen LogP contribution in [0, 0.1) is 0 Å². The molecular formula is C21H24ClN3O4. The van der Waals surface area contributed by atoms with Crippen molar-refractivity contribution < 1.29 is 19.1 Å². The molecule has 29 heavy (non-hydrogen) atoms. The van der Waals surface area contributed by atoms with E-state index in [0.717, 1.165) is 5.56 Å². The lowest BCUT2D eigenvalue weighted by atomic mass is 9.87. The van der Waals surface area contributed by atoms with Crippen molar-refractivity contribution in [2.45, 2.75) is 39.2 Å². The molecule has 0 aliphatic carbocycles. The van der Waals surface area contributed by atoms with Crippen molar-refractivity contribution in [1.82, 2.24) is 10.3 Å². The number of halogens is 1. The third-order valence-electron chi connectivity index (χ3n) is 4.06. The van der Waals surface area contributed by atoms with Gasteiger partial charge in [0.1, 0.15) is 12.4 Å². The Morgan fingerprint density at radius 1 is 1.10 bits per heavy atom. The van der Waals surface area contributed by atoms with Gasteiger partial charge in [-0.15, -0.1) is 0 Å². The zero-order valence-electron chi connectivity index (χ0n) is 16.8. The molecule has 2 amide bonds. The summed E-state index contributed by atoms with van der Waals surface area (Å²) in [6.07, 6.45) is 0.333. The van der Waals surface area contributed by atoms with Crippen LogP contribution in [0.5, 0.6) is 0 Å². The average molecular weight is 418 g/mol. The summed E-state index contributed by atoms with van der Waals surface area (Å²) < 4.78 is 5.04. The minimum atomic E-state index is -1.05. The van der Waals surface area contributed by atoms with Gasteiger partial charge in [-0.2, -0.15) is 0 Å². The second-order valence-corrected chi connectivity index (χ2v) is 7.93. The number of anilines is 1. The lowest BCUT2D eigenvalue weighted by Crippen LogP contribution is -2.36. The van der Waals surface area contributed by atoms with Gasteiger partial charge < -0.3 is 15.4 Å². The molecule has 1 atom stereocenters. The monoisotopic (exact) mass is 417 g/mol. The molecule has 2 aromatic rings. The van der Waals surface area contributed by atoms with Gasteiger partial charge in [-0.1, -0.05) is 44.5 Å². The number of nitrogens with one attached hydrogen (secondary N) is 2. The number of aromatic nitrogens is 1. The summed E-state index contributed by atoms with van der Waals surface area (Å²) >= 11 is 5.73. The first-order chi connectivity index (χ1) is 13.6. The lowest BCUT2D eigenvalue weighted by molar-refractivity contribution is -0.152. The van der Waals surface area contributed by atoms with Crippen molar-refractivity contribution in [3.05, 3.63) is 58.7 Å². The highest BCUT2D eigenvalue weighted by Gasteiger charge is 2.19. The normalized spacial score (nSPS) is 12.0. The van der Waals surface area contributed by atoms with Gasteiger partial charge in [0.25, 0.3) is 11.8 Å². The molecule has 0 spiro atoms. The van der Waals surface area contributed by atoms with Crippen molar-refractivity contribution in [2.75, 3.05) is 11.9 Å². The van der Waals surface area contributed by atoms with Gasteiger partial charge in [0.05, 0.1) is 5.02 Å². The summed E-state index contributed by atoms with van der Waals surface area (Å²) in [6, 6.07) is 10.3. The first-order valence-corrected chi connectivity index (χ1v) is 9.44. The molecule has 2 rings (SSSR count). The summed E-state index contributed by atoms with van der Waals surface area (Å²) in [5, 5.41) is 5.43. The van der Waals surface area contributed by atoms with Gasteiger partial charge in [0.15, 0.2) is 6.10 Å². The second kappa shape index (κ2) is 9.52. The number of carbonyl (C=O) groups excluding carboxylic acids is 3. The molecule has 0 saturated heterocycles. The molecular weight excluding hydrogens is 394 g/mol. The van der Waals surface area contributed by atoms with Crippen LogP contribution < -0.4 is 10.6 Å². The Morgan fingerprint density at radius 3 is 2.31 bits per heavy atom. The fraction of sp³-hybridized carbons (Fsp3) is 0.333. The van der Waals surface area contributed by atoms with Crippen molar-refractivity contribution in [3.8, 4) is 0 Å². The maximum atomic E-state index is 12.2. The van der Waals surface area contributed by atoms with Crippen molar-refractivity contribution >= 4 is 35.2 Å². The summed E-state index contributed by atoms with van der Waals surface area (Å²) in [5.74, 6) is -1.38. The number of pyridine rings is 1. The minimum Gasteiger partial charge on any atom is -0.451 e. The first-order valence-electron chi connectivity index (χ1n) is 9.07. The molecule has 7 nitrogen and oxygen atoms in total. The zero-order valence-corrected chi connectivity index (χ0v) is 17.5. The first kappa shape index (κ1) is 22.4. The fourth-order valence-electron chi connectivity index (χ4n) is 2.35. The molecule has 8 heteroatoms. The number of nitrogens with zero attached hydrogens (tertiary/aromatic N) is 1. The Labute approximate surface area is 174 Å². The predicted molar refractivity (Wildman–Crippen MR) is 111 cm³/mol. The number of ether oxygens (including phenoxy) is 1. The molecule has 1 aromatic heterocycles. The van der Waals surface area contributed by atoms with Gasteiger partial charge in [-0.3, -0.25) is 14.4 Å². The third-order valence-corrected chi connectivity index (χ3v) is 4.29. The van der Waals surface area contributed by atoms with Crippen LogP contribution in [0.15, 0.2) is 42.6 Å². The van der Waals surface area contributed by atoms with Crippen LogP contribution in [0.1, 0.15) is 43.6 Å². The number of benzene rings is 1. The summed E-state index contributed by atoms with van der Waals surface area (Å²) in [4.78, 5) is 40.1. The summed E-state index contributed by atoms with van der Waals surface area (Å²) in [5.41, 5.74) is 1.52. The van der Waals surface area contributed by atoms with Crippen LogP contribution in [0.3, 0.4) is 0 Å². The third kappa shape index (κ3) is 6.87. The predicted octanol–water partition coefficient (Wildman–Crippen LogP) is 3.33. The highest BCUT2D eigenvalue weighted by atomic mass is 35.5. The van der Waals surface area contributed by atoms with Crippen LogP contribution in [0.2, 0.25) is 5.02 Å². The molecule has 2 N–H and O–H groups in total. The topological polar surface area (TPSA) is 97.4 Å². The van der Waals surface area contributed by atoms with Crippen LogP contribution in [0.25, 0.3) is 0 Å². The van der Waals surface area contributed by atoms with E-state index in [4.69, 9.17) is 16.3 Å². The Hall–Kier alpha value is -2.93. The van der Waals surface area contributed by atoms with E-state index in [0.29, 0.717) is 10.6 Å². The van der Waals surface area contributed by atoms with Gasteiger partial charge in [0, 0.05) is 11.8 Å². The molecule has 0 radical (unpaired) electrons. The van der Waals surface area contributed by atoms with E-state index in [1.807, 2.05) is 12.1 Å². The molecule has 154 valence electrons. The summed E-state index contributed by atoms with van der Waals surface area (Å²) in [7, 11) is 0. The van der Waals surface area contributed by atoms with Crippen molar-refractivity contribution in [3.63, 3.8) is 0 Å². The Kier molecular flexibility index (Phi) is 7.34. The number of rotatable bonds is 6. The number of hydrogen-bond donors (Lipinski definition) is 2. The van der Waals surface area contributed by atoms with Gasteiger partial charge in [-0.25, -0.2) is 4.98 Å². The smallest absolute Gasteiger partial charge is 0.326 e. The van der Waals surface area contributed by atoms with E-state index < -0.39 is 23.9 Å². The van der Waals surface area contributed by atoms with E-state index in [9.17, 15) is 14.4 Å². The maximum Gasteiger partial charge on any atom is 0.326 e. The standard InChI is InChI=1S/C21H24ClN3O4/c1-13(19(27)25-17-10-9-16(22)11-23-17)29-18(26)12-24-20(28)14-5-7-15(8-6-14)21(2,3)4/h5-11,13H,12H2,1-4H3,(H,24,28)(H,23,25,27)/t13-/m1/s1. The molecule has 0 bridgehead atoms. The molecule has 0 aliphatic heterocycles. The highest BCUT2D eigenvalue weighted by Crippen LogP contribution is 2.22. The van der Waals surface area contributed by atoms with Gasteiger partial charge >= 0.3 is 5.97 Å². The van der Waals surface area contributed by atoms with Crippen LogP contribution in [-0.2, 0) is 19.7 Å². The van der Waals surface area contributed by atoms with Gasteiger partial charge in [0.2, 0.25) is 0 Å². The van der Waals surface area contributed by atoms with Crippen LogP contribution >= 0.6 is 11.6 Å². The average Bonchev–Trinajstić information content (AvgIpc) is 2.67. The van der Waals surface area contributed by atoms with E-state index >= 15 is 0 Å². The van der Waals surface area contributed by atoms with Crippen LogP contribution in [-0.4, -0.2) is 35.4 Å². The largest absolute Gasteiger partial charge is 0.451 e. The molecule has 1 aromatic carbocycles. The maximum absolute atomic E-state index is 12.2. The van der Waals surface area contributed by atoms with E-state index in [1.165, 1.54) is 19.2 Å². The number of carbonyl (C=O) groups is 3. The number of hydrogen-bond acceptors (Lipinski definition) is 5. The second-order valence-electron chi connectivity index (χ2n) is 7.49. The van der Waals surface area contributed by atoms with E-state index in [1.54, 1.807) is 18.2 Å². The highest BCUT2D eigenvalue weighted by molar-refractivity contribution is 6.30. The molecule has 1 heterocycles. The van der Waals surface area contributed by atoms with E-state index in [2.05, 4.69) is 36.4 Å². The molecule has 0 fully saturated rings. The Morgan fingerprint density at radius 2 is 1.76 bits per heavy atom. The molecule has 0 unspecified atom stereocenters. The van der Waals surface area contributed by atoms with Crippen molar-refractivity contribution in [1.29, 1.82) is 0 Å². The molecule has 0 aliphatic rings. The van der Waals surface area contributed by atoms with Crippen molar-refractivity contribution in [2.24, 2.45) is 0 Å². The van der Waals surface area contributed by atoms with Crippen LogP contribution in [0.4, 0.5) is 5.82 Å². The SMILES string of the molecule is C[C@@H](OC(=O)CNC(=O)c1ccc(C(C)(C)C)cc1)C(=O)Nc1ccc(Cl)cn1. The Balaban J connectivity index is 1.81. The fourth-order valence-corrected chi connectivity index (χ4v) is 2.46. The quantitative estimate of drug-likeness (QED) is 0.702. The summed E-state index contributed by atoms with van der Waals surface area (Å²) in [6.45, 7) is 7.32. The van der Waals surface area contributed by atoms with E-state index in [-0.39, 0.29) is 17.8 Å². The molecule has 0 saturated carbocycles. The van der Waals surface area contributed by atoms with Gasteiger partial charge in [-0.05, 0) is 42.2 Å².